The van der Waals surface area contributed by atoms with Crippen LogP contribution < -0.4 is 0 Å². The first-order valence-electron chi connectivity index (χ1n) is 18.0. The van der Waals surface area contributed by atoms with Crippen molar-refractivity contribution in [3.63, 3.8) is 0 Å². The second-order valence-corrected chi connectivity index (χ2v) is 11.6. The smallest absolute Gasteiger partial charge is 0.303 e. The van der Waals surface area contributed by atoms with Crippen molar-refractivity contribution in [2.45, 2.75) is 207 Å². The fourth-order valence-electron chi connectivity index (χ4n) is 4.23. The molecule has 2 radical (unpaired) electrons. The van der Waals surface area contributed by atoms with Gasteiger partial charge in [0, 0.05) is 64.6 Å². The summed E-state index contributed by atoms with van der Waals surface area (Å²) >= 11 is 0. The van der Waals surface area contributed by atoms with E-state index in [2.05, 4.69) is 27.7 Å². The first-order valence-corrected chi connectivity index (χ1v) is 18.0. The van der Waals surface area contributed by atoms with Crippen molar-refractivity contribution < 1.29 is 78.6 Å². The van der Waals surface area contributed by atoms with Crippen molar-refractivity contribution in [3.8, 4) is 0 Å². The zero-order chi connectivity index (χ0) is 34.1. The first kappa shape index (κ1) is 57.4. The monoisotopic (exact) mass is 838 g/mol. The molecule has 10 heteroatoms. The third kappa shape index (κ3) is 79.0. The summed E-state index contributed by atoms with van der Waals surface area (Å²) in [7, 11) is 0. The van der Waals surface area contributed by atoms with E-state index in [1.165, 1.54) is 103 Å². The summed E-state index contributed by atoms with van der Waals surface area (Å²) in [6.45, 7) is 8.71. The molecule has 46 heavy (non-hydrogen) atoms. The van der Waals surface area contributed by atoms with Crippen molar-refractivity contribution in [2.24, 2.45) is 0 Å². The molecule has 0 fully saturated rings. The molecule has 0 atom stereocenters. The average molecular weight is 839 g/mol. The number of carbonyl (C=O) groups is 4. The Morgan fingerprint density at radius 1 is 0.283 bits per heavy atom. The minimum atomic E-state index is -0.666. The molecular weight excluding hydrogens is 766 g/mol. The summed E-state index contributed by atoms with van der Waals surface area (Å²) in [6, 6.07) is 0. The second-order valence-electron chi connectivity index (χ2n) is 11.6. The van der Waals surface area contributed by atoms with Crippen LogP contribution in [0.1, 0.15) is 207 Å². The van der Waals surface area contributed by atoms with Gasteiger partial charge < -0.3 is 20.4 Å². The Labute approximate surface area is 308 Å². The minimum Gasteiger partial charge on any atom is -0.481 e. The molecule has 0 aliphatic carbocycles. The summed E-state index contributed by atoms with van der Waals surface area (Å²) < 4.78 is 0. The molecule has 4 N–H and O–H groups in total. The van der Waals surface area contributed by atoms with E-state index in [4.69, 9.17) is 20.4 Å². The van der Waals surface area contributed by atoms with Crippen LogP contribution in [-0.2, 0) is 58.1 Å². The molecule has 0 aromatic carbocycles. The maximum atomic E-state index is 10.1. The van der Waals surface area contributed by atoms with Crippen LogP contribution in [0.15, 0.2) is 0 Å². The fraction of sp³-hybridized carbons (Fsp3) is 0.889. The van der Waals surface area contributed by atoms with Gasteiger partial charge in [-0.3, -0.25) is 19.2 Å². The standard InChI is InChI=1S/4C9H18O2.2Rh/c4*1-2-3-4-5-6-7-8-9(10)11;;/h4*2-8H2,1H3,(H,10,11);;. The predicted octanol–water partition coefficient (Wildman–Crippen LogP) is 11.3. The number of aliphatic carboxylic acids is 4. The van der Waals surface area contributed by atoms with E-state index in [9.17, 15) is 19.2 Å². The summed E-state index contributed by atoms with van der Waals surface area (Å²) in [6.07, 6.45) is 29.0. The van der Waals surface area contributed by atoms with Gasteiger partial charge in [-0.2, -0.15) is 0 Å². The zero-order valence-corrected chi connectivity index (χ0v) is 33.2. The topological polar surface area (TPSA) is 149 Å². The summed E-state index contributed by atoms with van der Waals surface area (Å²) in [5, 5.41) is 33.3. The van der Waals surface area contributed by atoms with Crippen molar-refractivity contribution in [1.82, 2.24) is 0 Å². The average Bonchev–Trinajstić information content (AvgIpc) is 2.97. The molecule has 0 unspecified atom stereocenters. The molecule has 0 aromatic rings. The van der Waals surface area contributed by atoms with Gasteiger partial charge in [-0.1, -0.05) is 156 Å². The second kappa shape index (κ2) is 53.6. The Hall–Kier alpha value is -0.873. The van der Waals surface area contributed by atoms with E-state index >= 15 is 0 Å². The molecule has 0 amide bonds. The molecule has 0 spiro atoms. The summed E-state index contributed by atoms with van der Waals surface area (Å²) in [4.78, 5) is 40.4. The van der Waals surface area contributed by atoms with Crippen LogP contribution in [0.4, 0.5) is 0 Å². The molecule has 0 rings (SSSR count). The van der Waals surface area contributed by atoms with Crippen LogP contribution in [0.25, 0.3) is 0 Å². The maximum absolute atomic E-state index is 10.1. The summed E-state index contributed by atoms with van der Waals surface area (Å²) in [5.41, 5.74) is 0. The molecule has 0 aromatic heterocycles. The molecule has 0 bridgehead atoms. The number of hydrogen-bond donors (Lipinski definition) is 4. The molecule has 0 saturated carbocycles. The summed E-state index contributed by atoms with van der Waals surface area (Å²) in [5.74, 6) is -2.66. The maximum Gasteiger partial charge on any atom is 0.303 e. The minimum absolute atomic E-state index is 0. The Bertz CT molecular complexity index is 515. The molecule has 0 heterocycles. The largest absolute Gasteiger partial charge is 0.481 e. The third-order valence-corrected chi connectivity index (χ3v) is 6.98. The van der Waals surface area contributed by atoms with E-state index in [0.717, 1.165) is 51.4 Å². The first-order chi connectivity index (χ1) is 21.1. The fourth-order valence-corrected chi connectivity index (χ4v) is 4.23. The van der Waals surface area contributed by atoms with Crippen molar-refractivity contribution >= 4 is 23.9 Å². The van der Waals surface area contributed by atoms with Gasteiger partial charge in [-0.25, -0.2) is 0 Å². The van der Waals surface area contributed by atoms with Crippen LogP contribution in [0.2, 0.25) is 0 Å². The quantitative estimate of drug-likeness (QED) is 0.0449. The van der Waals surface area contributed by atoms with Crippen LogP contribution in [0, 0.1) is 0 Å². The molecule has 0 aliphatic heterocycles. The van der Waals surface area contributed by atoms with Gasteiger partial charge in [0.1, 0.15) is 0 Å². The van der Waals surface area contributed by atoms with Crippen LogP contribution in [0.3, 0.4) is 0 Å². The molecular formula is C36H72O8Rh2. The Kier molecular flexibility index (Phi) is 66.9. The predicted molar refractivity (Wildman–Crippen MR) is 183 cm³/mol. The molecule has 0 aliphatic rings. The third-order valence-electron chi connectivity index (χ3n) is 6.98. The van der Waals surface area contributed by atoms with Crippen molar-refractivity contribution in [2.75, 3.05) is 0 Å². The van der Waals surface area contributed by atoms with Gasteiger partial charge in [0.25, 0.3) is 0 Å². The van der Waals surface area contributed by atoms with Gasteiger partial charge in [-0.05, 0) is 25.7 Å². The van der Waals surface area contributed by atoms with Crippen LogP contribution in [0.5, 0.6) is 0 Å². The van der Waals surface area contributed by atoms with E-state index < -0.39 is 23.9 Å². The molecule has 282 valence electrons. The van der Waals surface area contributed by atoms with Crippen molar-refractivity contribution in [3.05, 3.63) is 0 Å². The number of unbranched alkanes of at least 4 members (excludes halogenated alkanes) is 20. The van der Waals surface area contributed by atoms with Gasteiger partial charge in [0.05, 0.1) is 0 Å². The number of carboxylic acids is 4. The van der Waals surface area contributed by atoms with E-state index in [1.54, 1.807) is 0 Å². The van der Waals surface area contributed by atoms with E-state index in [1.807, 2.05) is 0 Å². The van der Waals surface area contributed by atoms with Gasteiger partial charge in [0.2, 0.25) is 0 Å². The van der Waals surface area contributed by atoms with Gasteiger partial charge in [-0.15, -0.1) is 0 Å². The van der Waals surface area contributed by atoms with Gasteiger partial charge in [0.15, 0.2) is 0 Å². The Morgan fingerprint density at radius 3 is 0.543 bits per heavy atom. The molecule has 8 nitrogen and oxygen atoms in total. The van der Waals surface area contributed by atoms with E-state index in [0.29, 0.717) is 25.7 Å². The van der Waals surface area contributed by atoms with Gasteiger partial charge >= 0.3 is 23.9 Å². The van der Waals surface area contributed by atoms with Crippen LogP contribution >= 0.6 is 0 Å². The Morgan fingerprint density at radius 2 is 0.413 bits per heavy atom. The number of rotatable bonds is 28. The van der Waals surface area contributed by atoms with E-state index in [-0.39, 0.29) is 39.0 Å². The number of hydrogen-bond acceptors (Lipinski definition) is 4. The van der Waals surface area contributed by atoms with Crippen molar-refractivity contribution in [1.29, 1.82) is 0 Å². The van der Waals surface area contributed by atoms with Crippen LogP contribution in [-0.4, -0.2) is 44.3 Å². The number of carboxylic acid groups (broad SMARTS) is 4. The zero-order valence-electron chi connectivity index (χ0n) is 29.9. The molecule has 0 saturated heterocycles. The SMILES string of the molecule is CCCCCCCCC(=O)O.CCCCCCCCC(=O)O.CCCCCCCCC(=O)O.CCCCCCCCC(=O)O.[Rh].[Rh]. The Balaban J connectivity index is -0.000000114. The normalized spacial score (nSPS) is 9.48.